The molecule has 0 rings (SSSR count). The predicted molar refractivity (Wildman–Crippen MR) is 63.4 cm³/mol. The van der Waals surface area contributed by atoms with E-state index in [0.717, 1.165) is 6.42 Å². The molecule has 0 aliphatic rings. The lowest BCUT2D eigenvalue weighted by molar-refractivity contribution is 0.172. The number of aliphatic hydroxyl groups excluding tert-OH is 1. The molecule has 0 aromatic carbocycles. The first-order valence-electron chi connectivity index (χ1n) is 5.93. The van der Waals surface area contributed by atoms with E-state index in [0.29, 0.717) is 0 Å². The van der Waals surface area contributed by atoms with E-state index in [1.807, 2.05) is 6.08 Å². The summed E-state index contributed by atoms with van der Waals surface area (Å²) in [6.07, 6.45) is 10.8. The fourth-order valence-corrected chi connectivity index (χ4v) is 1.55. The Balaban J connectivity index is 3.38. The Labute approximate surface area is 89.2 Å². The van der Waals surface area contributed by atoms with Gasteiger partial charge < -0.3 is 5.11 Å². The fourth-order valence-electron chi connectivity index (χ4n) is 1.55. The summed E-state index contributed by atoms with van der Waals surface area (Å²) in [4.78, 5) is 0. The van der Waals surface area contributed by atoms with Crippen LogP contribution in [0.4, 0.5) is 0 Å². The van der Waals surface area contributed by atoms with Gasteiger partial charge in [-0.2, -0.15) is 0 Å². The van der Waals surface area contributed by atoms with Gasteiger partial charge in [-0.1, -0.05) is 58.4 Å². The molecular weight excluding hydrogens is 172 g/mol. The van der Waals surface area contributed by atoms with Crippen LogP contribution in [0.25, 0.3) is 0 Å². The summed E-state index contributed by atoms with van der Waals surface area (Å²) in [5.74, 6) is 0. The Bertz CT molecular complexity index is 142. The van der Waals surface area contributed by atoms with Crippen LogP contribution in [0.2, 0.25) is 0 Å². The second kappa shape index (κ2) is 8.05. The van der Waals surface area contributed by atoms with Crippen LogP contribution in [0.5, 0.6) is 0 Å². The molecule has 0 fully saturated rings. The van der Waals surface area contributed by atoms with Crippen molar-refractivity contribution in [2.75, 3.05) is 6.61 Å². The normalized spacial score (nSPS) is 15.1. The Morgan fingerprint density at radius 3 is 2.21 bits per heavy atom. The van der Waals surface area contributed by atoms with Crippen molar-refractivity contribution < 1.29 is 5.11 Å². The molecule has 0 spiro atoms. The number of aliphatic hydroxyl groups is 1. The lowest BCUT2D eigenvalue weighted by Crippen LogP contribution is -2.17. The molecule has 14 heavy (non-hydrogen) atoms. The van der Waals surface area contributed by atoms with Gasteiger partial charge in [-0.3, -0.25) is 0 Å². The summed E-state index contributed by atoms with van der Waals surface area (Å²) >= 11 is 0. The van der Waals surface area contributed by atoms with Crippen LogP contribution in [0.1, 0.15) is 58.8 Å². The SMILES string of the molecule is C=CC(C)(CO)CCCCCCCC. The highest BCUT2D eigenvalue weighted by atomic mass is 16.3. The third-order valence-electron chi connectivity index (χ3n) is 2.96. The van der Waals surface area contributed by atoms with Gasteiger partial charge in [-0.15, -0.1) is 6.58 Å². The van der Waals surface area contributed by atoms with Crippen LogP contribution in [0, 0.1) is 5.41 Å². The molecule has 0 heterocycles. The molecule has 0 amide bonds. The minimum atomic E-state index is -0.0508. The van der Waals surface area contributed by atoms with E-state index in [-0.39, 0.29) is 12.0 Å². The summed E-state index contributed by atoms with van der Waals surface area (Å²) in [6.45, 7) is 8.31. The highest BCUT2D eigenvalue weighted by Crippen LogP contribution is 2.25. The van der Waals surface area contributed by atoms with Gasteiger partial charge in [0.15, 0.2) is 0 Å². The van der Waals surface area contributed by atoms with E-state index in [2.05, 4.69) is 20.4 Å². The minimum absolute atomic E-state index is 0.0508. The van der Waals surface area contributed by atoms with Gasteiger partial charge in [0, 0.05) is 5.41 Å². The molecule has 0 aromatic rings. The van der Waals surface area contributed by atoms with Gasteiger partial charge in [0.2, 0.25) is 0 Å². The molecule has 0 aromatic heterocycles. The van der Waals surface area contributed by atoms with E-state index in [9.17, 15) is 0 Å². The maximum atomic E-state index is 9.15. The topological polar surface area (TPSA) is 20.2 Å². The zero-order valence-electron chi connectivity index (χ0n) is 9.89. The van der Waals surface area contributed by atoms with E-state index in [1.165, 1.54) is 38.5 Å². The van der Waals surface area contributed by atoms with E-state index >= 15 is 0 Å². The molecule has 0 aliphatic carbocycles. The lowest BCUT2D eigenvalue weighted by Gasteiger charge is -2.22. The molecule has 1 heteroatoms. The molecule has 1 unspecified atom stereocenters. The van der Waals surface area contributed by atoms with Crippen molar-refractivity contribution in [3.8, 4) is 0 Å². The summed E-state index contributed by atoms with van der Waals surface area (Å²) in [7, 11) is 0. The smallest absolute Gasteiger partial charge is 0.0519 e. The molecular formula is C13H26O. The van der Waals surface area contributed by atoms with Crippen LogP contribution >= 0.6 is 0 Å². The van der Waals surface area contributed by atoms with Gasteiger partial charge in [0.1, 0.15) is 0 Å². The second-order valence-electron chi connectivity index (χ2n) is 4.53. The fraction of sp³-hybridized carbons (Fsp3) is 0.846. The average Bonchev–Trinajstić information content (AvgIpc) is 2.23. The molecule has 1 N–H and O–H groups in total. The highest BCUT2D eigenvalue weighted by Gasteiger charge is 2.17. The minimum Gasteiger partial charge on any atom is -0.395 e. The van der Waals surface area contributed by atoms with Crippen molar-refractivity contribution in [2.45, 2.75) is 58.8 Å². The van der Waals surface area contributed by atoms with Gasteiger partial charge in [-0.25, -0.2) is 0 Å². The standard InChI is InChI=1S/C13H26O/c1-4-6-7-8-9-10-11-13(3,5-2)12-14/h5,14H,2,4,6-12H2,1,3H3. The van der Waals surface area contributed by atoms with Gasteiger partial charge in [0.25, 0.3) is 0 Å². The number of unbranched alkanes of at least 4 members (excludes halogenated alkanes) is 5. The maximum absolute atomic E-state index is 9.15. The Morgan fingerprint density at radius 1 is 1.14 bits per heavy atom. The molecule has 0 saturated carbocycles. The van der Waals surface area contributed by atoms with E-state index in [1.54, 1.807) is 0 Å². The van der Waals surface area contributed by atoms with Crippen LogP contribution in [0.15, 0.2) is 12.7 Å². The summed E-state index contributed by atoms with van der Waals surface area (Å²) < 4.78 is 0. The number of hydrogen-bond donors (Lipinski definition) is 1. The van der Waals surface area contributed by atoms with Crippen molar-refractivity contribution in [3.05, 3.63) is 12.7 Å². The molecule has 1 nitrogen and oxygen atoms in total. The molecule has 0 radical (unpaired) electrons. The van der Waals surface area contributed by atoms with Gasteiger partial charge in [0.05, 0.1) is 6.61 Å². The van der Waals surface area contributed by atoms with Crippen LogP contribution in [0.3, 0.4) is 0 Å². The maximum Gasteiger partial charge on any atom is 0.0519 e. The third kappa shape index (κ3) is 6.20. The third-order valence-corrected chi connectivity index (χ3v) is 2.96. The van der Waals surface area contributed by atoms with Crippen molar-refractivity contribution in [3.63, 3.8) is 0 Å². The molecule has 1 atom stereocenters. The molecule has 84 valence electrons. The first-order chi connectivity index (χ1) is 6.68. The van der Waals surface area contributed by atoms with Crippen molar-refractivity contribution in [2.24, 2.45) is 5.41 Å². The molecule has 0 saturated heterocycles. The van der Waals surface area contributed by atoms with Crippen LogP contribution in [-0.2, 0) is 0 Å². The van der Waals surface area contributed by atoms with Crippen LogP contribution in [-0.4, -0.2) is 11.7 Å². The Hall–Kier alpha value is -0.300. The number of rotatable bonds is 9. The van der Waals surface area contributed by atoms with Crippen molar-refractivity contribution >= 4 is 0 Å². The summed E-state index contributed by atoms with van der Waals surface area (Å²) in [5, 5.41) is 9.15. The van der Waals surface area contributed by atoms with Crippen LogP contribution < -0.4 is 0 Å². The van der Waals surface area contributed by atoms with Crippen molar-refractivity contribution in [1.82, 2.24) is 0 Å². The quantitative estimate of drug-likeness (QED) is 0.440. The highest BCUT2D eigenvalue weighted by molar-refractivity contribution is 4.90. The average molecular weight is 198 g/mol. The van der Waals surface area contributed by atoms with Gasteiger partial charge in [-0.05, 0) is 6.42 Å². The Morgan fingerprint density at radius 2 is 1.71 bits per heavy atom. The second-order valence-corrected chi connectivity index (χ2v) is 4.53. The zero-order chi connectivity index (χ0) is 10.9. The van der Waals surface area contributed by atoms with E-state index in [4.69, 9.17) is 5.11 Å². The first kappa shape index (κ1) is 13.7. The van der Waals surface area contributed by atoms with Gasteiger partial charge >= 0.3 is 0 Å². The summed E-state index contributed by atoms with van der Waals surface area (Å²) in [6, 6.07) is 0. The predicted octanol–water partition coefficient (Wildman–Crippen LogP) is 3.92. The van der Waals surface area contributed by atoms with Crippen molar-refractivity contribution in [1.29, 1.82) is 0 Å². The first-order valence-corrected chi connectivity index (χ1v) is 5.93. The summed E-state index contributed by atoms with van der Waals surface area (Å²) in [5.41, 5.74) is -0.0508. The molecule has 0 aliphatic heterocycles. The van der Waals surface area contributed by atoms with E-state index < -0.39 is 0 Å². The zero-order valence-corrected chi connectivity index (χ0v) is 9.89. The monoisotopic (exact) mass is 198 g/mol. The molecule has 0 bridgehead atoms. The number of hydrogen-bond acceptors (Lipinski definition) is 1. The Kier molecular flexibility index (Phi) is 7.87. The largest absolute Gasteiger partial charge is 0.395 e. The lowest BCUT2D eigenvalue weighted by atomic mass is 9.85.